The van der Waals surface area contributed by atoms with Crippen molar-refractivity contribution in [3.63, 3.8) is 0 Å². The number of nitrogens with zero attached hydrogens (tertiary/aromatic N) is 3. The van der Waals surface area contributed by atoms with Gasteiger partial charge in [-0.1, -0.05) is 13.8 Å². The van der Waals surface area contributed by atoms with E-state index >= 15 is 0 Å². The first-order chi connectivity index (χ1) is 12.0. The average Bonchev–Trinajstić information content (AvgIpc) is 3.11. The molecule has 1 aliphatic rings. The molecule has 148 valence electrons. The van der Waals surface area contributed by atoms with Crippen LogP contribution in [0.25, 0.3) is 0 Å². The van der Waals surface area contributed by atoms with Crippen molar-refractivity contribution >= 4 is 47.6 Å². The van der Waals surface area contributed by atoms with Crippen LogP contribution in [0, 0.1) is 5.92 Å². The second-order valence-electron chi connectivity index (χ2n) is 6.78. The van der Waals surface area contributed by atoms with E-state index in [-0.39, 0.29) is 36.4 Å². The Balaban J connectivity index is 0.00000338. The Bertz CT molecular complexity index is 564. The molecular formula is C18H31IN4O2S. The molecule has 1 fully saturated rings. The molecule has 1 amide bonds. The summed E-state index contributed by atoms with van der Waals surface area (Å²) >= 11 is 2.03. The topological polar surface area (TPSA) is 61.1 Å². The van der Waals surface area contributed by atoms with Crippen molar-refractivity contribution in [2.75, 3.05) is 46.0 Å². The number of likely N-dealkylation sites (N-methyl/N-ethyl adjacent to an activating group) is 1. The quantitative estimate of drug-likeness (QED) is 0.374. The van der Waals surface area contributed by atoms with Gasteiger partial charge in [0.25, 0.3) is 0 Å². The van der Waals surface area contributed by atoms with E-state index in [4.69, 9.17) is 4.42 Å². The highest BCUT2D eigenvalue weighted by atomic mass is 127. The molecule has 1 aliphatic heterocycles. The third-order valence-corrected chi connectivity index (χ3v) is 5.77. The average molecular weight is 494 g/mol. The molecule has 1 saturated heterocycles. The van der Waals surface area contributed by atoms with Gasteiger partial charge in [0.2, 0.25) is 5.91 Å². The van der Waals surface area contributed by atoms with Gasteiger partial charge in [0.15, 0.2) is 5.96 Å². The van der Waals surface area contributed by atoms with Crippen molar-refractivity contribution in [2.45, 2.75) is 25.5 Å². The number of carbonyl (C=O) groups excluding carboxylic acids is 1. The van der Waals surface area contributed by atoms with E-state index in [9.17, 15) is 4.79 Å². The Hall–Kier alpha value is -0.900. The second-order valence-corrected chi connectivity index (χ2v) is 8.13. The van der Waals surface area contributed by atoms with Crippen LogP contribution in [0.4, 0.5) is 0 Å². The van der Waals surface area contributed by atoms with Crippen molar-refractivity contribution < 1.29 is 9.21 Å². The largest absolute Gasteiger partial charge is 0.469 e. The third-order valence-electron chi connectivity index (χ3n) is 4.23. The van der Waals surface area contributed by atoms with E-state index in [0.29, 0.717) is 11.2 Å². The smallest absolute Gasteiger partial charge is 0.243 e. The number of furan rings is 1. The third kappa shape index (κ3) is 7.38. The monoisotopic (exact) mass is 494 g/mol. The Labute approximate surface area is 178 Å². The molecule has 8 heteroatoms. The second kappa shape index (κ2) is 11.7. The van der Waals surface area contributed by atoms with Gasteiger partial charge in [-0.15, -0.1) is 24.0 Å². The van der Waals surface area contributed by atoms with Gasteiger partial charge in [0.05, 0.1) is 6.26 Å². The predicted molar refractivity (Wildman–Crippen MR) is 119 cm³/mol. The zero-order chi connectivity index (χ0) is 18.2. The van der Waals surface area contributed by atoms with E-state index in [2.05, 4.69) is 29.1 Å². The van der Waals surface area contributed by atoms with Gasteiger partial charge in [-0.25, -0.2) is 4.99 Å². The van der Waals surface area contributed by atoms with Crippen molar-refractivity contribution in [3.8, 4) is 0 Å². The van der Waals surface area contributed by atoms with Crippen LogP contribution in [0.3, 0.4) is 0 Å². The normalized spacial score (nSPS) is 17.8. The van der Waals surface area contributed by atoms with Gasteiger partial charge in [0, 0.05) is 51.2 Å². The maximum Gasteiger partial charge on any atom is 0.243 e. The Morgan fingerprint density at radius 3 is 2.88 bits per heavy atom. The number of thioether (sulfide) groups is 1. The Kier molecular flexibility index (Phi) is 10.4. The number of carbonyl (C=O) groups is 1. The van der Waals surface area contributed by atoms with E-state index < -0.39 is 0 Å². The molecule has 1 aromatic rings. The summed E-state index contributed by atoms with van der Waals surface area (Å²) < 4.78 is 5.38. The van der Waals surface area contributed by atoms with Crippen molar-refractivity contribution in [2.24, 2.45) is 10.9 Å². The molecule has 2 heterocycles. The number of hydrogen-bond acceptors (Lipinski definition) is 4. The lowest BCUT2D eigenvalue weighted by molar-refractivity contribution is -0.127. The number of aliphatic imine (C=N–C) groups is 1. The van der Waals surface area contributed by atoms with Gasteiger partial charge in [-0.2, -0.15) is 11.8 Å². The van der Waals surface area contributed by atoms with Crippen LogP contribution in [-0.2, 0) is 11.2 Å². The number of guanidine groups is 1. The summed E-state index contributed by atoms with van der Waals surface area (Å²) in [4.78, 5) is 20.4. The lowest BCUT2D eigenvalue weighted by Gasteiger charge is -2.36. The van der Waals surface area contributed by atoms with E-state index in [1.165, 1.54) is 0 Å². The minimum atomic E-state index is 0. The van der Waals surface area contributed by atoms with Crippen LogP contribution in [0.15, 0.2) is 27.8 Å². The number of hydrogen-bond donors (Lipinski definition) is 1. The van der Waals surface area contributed by atoms with Gasteiger partial charge < -0.3 is 19.5 Å². The molecule has 0 spiro atoms. The first kappa shape index (κ1) is 23.1. The number of amides is 1. The number of halogens is 1. The SMILES string of the molecule is CC(C)C1CN(C(=NCC(=O)N(C)C)NCCc2ccco2)CCS1.I. The number of nitrogens with one attached hydrogen (secondary N) is 1. The van der Waals surface area contributed by atoms with Crippen LogP contribution < -0.4 is 5.32 Å². The van der Waals surface area contributed by atoms with Crippen LogP contribution in [0.2, 0.25) is 0 Å². The predicted octanol–water partition coefficient (Wildman–Crippen LogP) is 2.55. The van der Waals surface area contributed by atoms with Crippen molar-refractivity contribution in [1.29, 1.82) is 0 Å². The molecule has 1 aromatic heterocycles. The fraction of sp³-hybridized carbons (Fsp3) is 0.667. The highest BCUT2D eigenvalue weighted by molar-refractivity contribution is 14.0. The molecule has 1 unspecified atom stereocenters. The maximum atomic E-state index is 11.9. The van der Waals surface area contributed by atoms with Crippen LogP contribution in [0.5, 0.6) is 0 Å². The summed E-state index contributed by atoms with van der Waals surface area (Å²) in [7, 11) is 3.52. The highest BCUT2D eigenvalue weighted by Gasteiger charge is 2.25. The minimum Gasteiger partial charge on any atom is -0.469 e. The standard InChI is InChI=1S/C18H30N4O2S.HI/c1-14(2)16-13-22(9-11-25-16)18(20-12-17(23)21(3)4)19-8-7-15-6-5-10-24-15;/h5-6,10,14,16H,7-9,11-13H2,1-4H3,(H,19,20);1H. The van der Waals surface area contributed by atoms with Crippen LogP contribution in [-0.4, -0.2) is 72.9 Å². The molecule has 1 atom stereocenters. The maximum absolute atomic E-state index is 11.9. The Morgan fingerprint density at radius 1 is 1.50 bits per heavy atom. The lowest BCUT2D eigenvalue weighted by Crippen LogP contribution is -2.49. The molecule has 26 heavy (non-hydrogen) atoms. The van der Waals surface area contributed by atoms with Gasteiger partial charge >= 0.3 is 0 Å². The Morgan fingerprint density at radius 2 is 2.27 bits per heavy atom. The lowest BCUT2D eigenvalue weighted by atomic mass is 10.1. The molecule has 6 nitrogen and oxygen atoms in total. The molecule has 0 aliphatic carbocycles. The summed E-state index contributed by atoms with van der Waals surface area (Å²) in [5.41, 5.74) is 0. The molecule has 2 rings (SSSR count). The molecule has 0 radical (unpaired) electrons. The molecule has 0 saturated carbocycles. The van der Waals surface area contributed by atoms with E-state index in [1.807, 2.05) is 23.9 Å². The summed E-state index contributed by atoms with van der Waals surface area (Å²) in [5, 5.41) is 4.01. The number of rotatable bonds is 6. The van der Waals surface area contributed by atoms with Crippen molar-refractivity contribution in [3.05, 3.63) is 24.2 Å². The molecule has 0 bridgehead atoms. The van der Waals surface area contributed by atoms with Gasteiger partial charge in [0.1, 0.15) is 12.3 Å². The molecule has 0 aromatic carbocycles. The first-order valence-electron chi connectivity index (χ1n) is 8.84. The fourth-order valence-electron chi connectivity index (χ4n) is 2.58. The van der Waals surface area contributed by atoms with Crippen molar-refractivity contribution in [1.82, 2.24) is 15.1 Å². The summed E-state index contributed by atoms with van der Waals surface area (Å²) in [5.74, 6) is 3.50. The van der Waals surface area contributed by atoms with E-state index in [0.717, 1.165) is 43.5 Å². The first-order valence-corrected chi connectivity index (χ1v) is 9.89. The summed E-state index contributed by atoms with van der Waals surface area (Å²) in [6.45, 7) is 7.35. The fourth-order valence-corrected chi connectivity index (χ4v) is 3.87. The minimum absolute atomic E-state index is 0. The zero-order valence-electron chi connectivity index (χ0n) is 16.1. The summed E-state index contributed by atoms with van der Waals surface area (Å²) in [6.07, 6.45) is 2.49. The van der Waals surface area contributed by atoms with E-state index in [1.54, 1.807) is 25.3 Å². The molecule has 1 N–H and O–H groups in total. The van der Waals surface area contributed by atoms with Gasteiger partial charge in [-0.3, -0.25) is 4.79 Å². The van der Waals surface area contributed by atoms with Crippen LogP contribution >= 0.6 is 35.7 Å². The van der Waals surface area contributed by atoms with Gasteiger partial charge in [-0.05, 0) is 18.1 Å². The highest BCUT2D eigenvalue weighted by Crippen LogP contribution is 2.24. The summed E-state index contributed by atoms with van der Waals surface area (Å²) in [6, 6.07) is 3.87. The molecular weight excluding hydrogens is 463 g/mol. The van der Waals surface area contributed by atoms with Crippen LogP contribution in [0.1, 0.15) is 19.6 Å². The zero-order valence-corrected chi connectivity index (χ0v) is 19.3.